The Balaban J connectivity index is 2.20. The van der Waals surface area contributed by atoms with Crippen LogP contribution in [0.2, 0.25) is 0 Å². The molecule has 0 radical (unpaired) electrons. The standard InChI is InChI=1S/C12H18BrN3O2S/c1-16-6-2-3-10(8-16)15-19(17,18)12-7-9(13)4-5-11(12)14/h4-5,7,10,15H,2-3,6,8,14H2,1H3. The maximum Gasteiger partial charge on any atom is 0.242 e. The van der Waals surface area contributed by atoms with Crippen LogP contribution in [0.3, 0.4) is 0 Å². The molecule has 2 rings (SSSR count). The summed E-state index contributed by atoms with van der Waals surface area (Å²) in [7, 11) is -1.57. The van der Waals surface area contributed by atoms with E-state index in [1.807, 2.05) is 7.05 Å². The van der Waals surface area contributed by atoms with Crippen molar-refractivity contribution in [1.82, 2.24) is 9.62 Å². The Morgan fingerprint density at radius 1 is 1.47 bits per heavy atom. The predicted molar refractivity (Wildman–Crippen MR) is 79.4 cm³/mol. The molecule has 19 heavy (non-hydrogen) atoms. The van der Waals surface area contributed by atoms with Crippen LogP contribution >= 0.6 is 15.9 Å². The first-order chi connectivity index (χ1) is 8.88. The Morgan fingerprint density at radius 2 is 2.21 bits per heavy atom. The van der Waals surface area contributed by atoms with Gasteiger partial charge in [0.05, 0.1) is 5.69 Å². The lowest BCUT2D eigenvalue weighted by Crippen LogP contribution is -2.46. The summed E-state index contributed by atoms with van der Waals surface area (Å²) in [4.78, 5) is 2.26. The molecule has 0 bridgehead atoms. The molecule has 1 saturated heterocycles. The second kappa shape index (κ2) is 5.78. The first kappa shape index (κ1) is 14.8. The molecule has 0 saturated carbocycles. The molecule has 7 heteroatoms. The van der Waals surface area contributed by atoms with Crippen LogP contribution in [-0.4, -0.2) is 39.5 Å². The fraction of sp³-hybridized carbons (Fsp3) is 0.500. The number of rotatable bonds is 3. The van der Waals surface area contributed by atoms with Gasteiger partial charge in [-0.1, -0.05) is 15.9 Å². The lowest BCUT2D eigenvalue weighted by molar-refractivity contribution is 0.242. The van der Waals surface area contributed by atoms with E-state index < -0.39 is 10.0 Å². The number of hydrogen-bond acceptors (Lipinski definition) is 4. The molecule has 0 aliphatic carbocycles. The van der Waals surface area contributed by atoms with Crippen molar-refractivity contribution in [2.24, 2.45) is 0 Å². The predicted octanol–water partition coefficient (Wildman–Crippen LogP) is 1.40. The lowest BCUT2D eigenvalue weighted by atomic mass is 10.1. The summed E-state index contributed by atoms with van der Waals surface area (Å²) in [5, 5.41) is 0. The number of nitrogens with zero attached hydrogens (tertiary/aromatic N) is 1. The molecule has 1 aliphatic heterocycles. The maximum atomic E-state index is 12.3. The van der Waals surface area contributed by atoms with E-state index in [9.17, 15) is 8.42 Å². The van der Waals surface area contributed by atoms with E-state index in [2.05, 4.69) is 25.6 Å². The minimum absolute atomic E-state index is 0.0536. The molecule has 1 aromatic carbocycles. The number of sulfonamides is 1. The van der Waals surface area contributed by atoms with E-state index in [4.69, 9.17) is 5.73 Å². The molecule has 106 valence electrons. The molecule has 1 aliphatic rings. The molecular weight excluding hydrogens is 330 g/mol. The third kappa shape index (κ3) is 3.68. The van der Waals surface area contributed by atoms with Gasteiger partial charge in [0, 0.05) is 17.1 Å². The van der Waals surface area contributed by atoms with Crippen LogP contribution in [0.4, 0.5) is 5.69 Å². The summed E-state index contributed by atoms with van der Waals surface area (Å²) in [6, 6.07) is 4.79. The number of halogens is 1. The van der Waals surface area contributed by atoms with Crippen LogP contribution in [0.1, 0.15) is 12.8 Å². The Labute approximate surface area is 122 Å². The molecule has 1 unspecified atom stereocenters. The monoisotopic (exact) mass is 347 g/mol. The van der Waals surface area contributed by atoms with Gasteiger partial charge in [0.25, 0.3) is 0 Å². The molecule has 1 atom stereocenters. The van der Waals surface area contributed by atoms with Crippen LogP contribution in [-0.2, 0) is 10.0 Å². The van der Waals surface area contributed by atoms with Crippen LogP contribution in [0.5, 0.6) is 0 Å². The van der Waals surface area contributed by atoms with Crippen LogP contribution < -0.4 is 10.5 Å². The van der Waals surface area contributed by atoms with E-state index in [-0.39, 0.29) is 16.6 Å². The van der Waals surface area contributed by atoms with Gasteiger partial charge in [0.15, 0.2) is 0 Å². The molecule has 3 N–H and O–H groups in total. The quantitative estimate of drug-likeness (QED) is 0.810. The second-order valence-corrected chi connectivity index (χ2v) is 7.50. The van der Waals surface area contributed by atoms with Crippen molar-refractivity contribution in [2.75, 3.05) is 25.9 Å². The normalized spacial score (nSPS) is 21.5. The van der Waals surface area contributed by atoms with Gasteiger partial charge in [-0.2, -0.15) is 0 Å². The SMILES string of the molecule is CN1CCCC(NS(=O)(=O)c2cc(Br)ccc2N)C1. The Kier molecular flexibility index (Phi) is 4.50. The average molecular weight is 348 g/mol. The van der Waals surface area contributed by atoms with Gasteiger partial charge in [0.2, 0.25) is 10.0 Å². The molecule has 0 spiro atoms. The summed E-state index contributed by atoms with van der Waals surface area (Å²) in [6.45, 7) is 1.74. The van der Waals surface area contributed by atoms with Crippen LogP contribution in [0, 0.1) is 0 Å². The van der Waals surface area contributed by atoms with E-state index in [0.717, 1.165) is 25.9 Å². The number of likely N-dealkylation sites (N-methyl/N-ethyl adjacent to an activating group) is 1. The number of hydrogen-bond donors (Lipinski definition) is 2. The molecule has 0 amide bonds. The molecule has 0 aromatic heterocycles. The number of benzene rings is 1. The van der Waals surface area contributed by atoms with Crippen molar-refractivity contribution < 1.29 is 8.42 Å². The second-order valence-electron chi connectivity index (χ2n) is 4.90. The smallest absolute Gasteiger partial charge is 0.242 e. The largest absolute Gasteiger partial charge is 0.398 e. The number of nitrogen functional groups attached to an aromatic ring is 1. The highest BCUT2D eigenvalue weighted by molar-refractivity contribution is 9.10. The number of likely N-dealkylation sites (tertiary alicyclic amines) is 1. The van der Waals surface area contributed by atoms with Crippen molar-refractivity contribution in [3.63, 3.8) is 0 Å². The van der Waals surface area contributed by atoms with Gasteiger partial charge in [-0.25, -0.2) is 13.1 Å². The summed E-state index contributed by atoms with van der Waals surface area (Å²) in [5.41, 5.74) is 6.02. The van der Waals surface area contributed by atoms with Gasteiger partial charge < -0.3 is 10.6 Å². The summed E-state index contributed by atoms with van der Waals surface area (Å²) in [6.07, 6.45) is 1.86. The number of nitrogens with two attached hydrogens (primary N) is 1. The third-order valence-electron chi connectivity index (χ3n) is 3.21. The topological polar surface area (TPSA) is 75.4 Å². The fourth-order valence-corrected chi connectivity index (χ4v) is 4.22. The van der Waals surface area contributed by atoms with E-state index in [0.29, 0.717) is 4.47 Å². The molecular formula is C12H18BrN3O2S. The fourth-order valence-electron chi connectivity index (χ4n) is 2.29. The lowest BCUT2D eigenvalue weighted by Gasteiger charge is -2.30. The summed E-state index contributed by atoms with van der Waals surface area (Å²) >= 11 is 3.27. The van der Waals surface area contributed by atoms with Crippen LogP contribution in [0.25, 0.3) is 0 Å². The van der Waals surface area contributed by atoms with Crippen molar-refractivity contribution in [1.29, 1.82) is 0 Å². The first-order valence-electron chi connectivity index (χ1n) is 6.14. The highest BCUT2D eigenvalue weighted by atomic mass is 79.9. The van der Waals surface area contributed by atoms with Crippen LogP contribution in [0.15, 0.2) is 27.6 Å². The zero-order valence-corrected chi connectivity index (χ0v) is 13.2. The maximum absolute atomic E-state index is 12.3. The summed E-state index contributed by atoms with van der Waals surface area (Å²) < 4.78 is 28.1. The highest BCUT2D eigenvalue weighted by Crippen LogP contribution is 2.23. The Hall–Kier alpha value is -0.630. The Bertz CT molecular complexity index is 562. The van der Waals surface area contributed by atoms with E-state index in [1.165, 1.54) is 6.07 Å². The number of anilines is 1. The zero-order chi connectivity index (χ0) is 14.0. The minimum atomic E-state index is -3.57. The van der Waals surface area contributed by atoms with Gasteiger partial charge in [-0.15, -0.1) is 0 Å². The molecule has 1 aromatic rings. The van der Waals surface area contributed by atoms with Gasteiger partial charge in [-0.05, 0) is 44.6 Å². The van der Waals surface area contributed by atoms with Crippen molar-refractivity contribution in [3.8, 4) is 0 Å². The van der Waals surface area contributed by atoms with Gasteiger partial charge in [0.1, 0.15) is 4.90 Å². The number of piperidine rings is 1. The Morgan fingerprint density at radius 3 is 2.89 bits per heavy atom. The van der Waals surface area contributed by atoms with E-state index >= 15 is 0 Å². The zero-order valence-electron chi connectivity index (χ0n) is 10.8. The molecule has 1 heterocycles. The van der Waals surface area contributed by atoms with E-state index in [1.54, 1.807) is 12.1 Å². The number of nitrogens with one attached hydrogen (secondary N) is 1. The molecule has 5 nitrogen and oxygen atoms in total. The minimum Gasteiger partial charge on any atom is -0.398 e. The van der Waals surface area contributed by atoms with Gasteiger partial charge >= 0.3 is 0 Å². The van der Waals surface area contributed by atoms with Crippen molar-refractivity contribution in [3.05, 3.63) is 22.7 Å². The first-order valence-corrected chi connectivity index (χ1v) is 8.42. The van der Waals surface area contributed by atoms with Gasteiger partial charge in [-0.3, -0.25) is 0 Å². The summed E-state index contributed by atoms with van der Waals surface area (Å²) in [5.74, 6) is 0. The average Bonchev–Trinajstić information content (AvgIpc) is 2.31. The highest BCUT2D eigenvalue weighted by Gasteiger charge is 2.25. The third-order valence-corrected chi connectivity index (χ3v) is 5.28. The van der Waals surface area contributed by atoms with Crippen molar-refractivity contribution >= 4 is 31.6 Å². The molecule has 1 fully saturated rings. The van der Waals surface area contributed by atoms with Crippen molar-refractivity contribution in [2.45, 2.75) is 23.8 Å².